The van der Waals surface area contributed by atoms with Crippen molar-refractivity contribution in [3.05, 3.63) is 45.5 Å². The Bertz CT molecular complexity index is 553. The van der Waals surface area contributed by atoms with Gasteiger partial charge in [0.25, 0.3) is 0 Å². The maximum absolute atomic E-state index is 13.7. The number of aromatic amines is 1. The van der Waals surface area contributed by atoms with Crippen LogP contribution in [0.4, 0.5) is 4.39 Å². The van der Waals surface area contributed by atoms with Crippen LogP contribution in [-0.2, 0) is 0 Å². The number of nitrogens with zero attached hydrogens (tertiary/aromatic N) is 1. The van der Waals surface area contributed by atoms with Gasteiger partial charge in [0.2, 0.25) is 0 Å². The second kappa shape index (κ2) is 4.20. The molecule has 0 saturated carbocycles. The molecule has 5 heteroatoms. The summed E-state index contributed by atoms with van der Waals surface area (Å²) in [5.41, 5.74) is 1.09. The van der Waals surface area contributed by atoms with E-state index in [-0.39, 0.29) is 5.82 Å². The van der Waals surface area contributed by atoms with Gasteiger partial charge in [0.1, 0.15) is 10.5 Å². The van der Waals surface area contributed by atoms with Crippen molar-refractivity contribution < 1.29 is 4.39 Å². The second-order valence-corrected chi connectivity index (χ2v) is 4.17. The molecule has 0 atom stereocenters. The van der Waals surface area contributed by atoms with Gasteiger partial charge in [-0.15, -0.1) is 0 Å². The van der Waals surface area contributed by atoms with Crippen molar-refractivity contribution in [3.63, 3.8) is 0 Å². The first-order valence-corrected chi connectivity index (χ1v) is 5.38. The normalized spacial score (nSPS) is 10.3. The molecule has 1 N–H and O–H groups in total. The van der Waals surface area contributed by atoms with E-state index in [2.05, 4.69) is 25.9 Å². The topological polar surface area (TPSA) is 28.7 Å². The van der Waals surface area contributed by atoms with E-state index in [0.29, 0.717) is 20.4 Å². The Kier molecular flexibility index (Phi) is 2.93. The molecule has 15 heavy (non-hydrogen) atoms. The number of benzene rings is 1. The molecule has 2 nitrogen and oxygen atoms in total. The lowest BCUT2D eigenvalue weighted by atomic mass is 10.1. The summed E-state index contributed by atoms with van der Waals surface area (Å²) < 4.78 is 14.6. The number of hydrogen-bond donors (Lipinski definition) is 1. The number of hydrogen-bond acceptors (Lipinski definition) is 2. The lowest BCUT2D eigenvalue weighted by Gasteiger charge is -2.03. The molecule has 0 spiro atoms. The van der Waals surface area contributed by atoms with E-state index in [1.54, 1.807) is 24.3 Å². The average molecular weight is 285 g/mol. The fraction of sp³-hybridized carbons (Fsp3) is 0. The van der Waals surface area contributed by atoms with E-state index in [1.807, 2.05) is 0 Å². The number of aromatic nitrogens is 2. The Morgan fingerprint density at radius 2 is 2.20 bits per heavy atom. The predicted molar refractivity (Wildman–Crippen MR) is 62.5 cm³/mol. The molecule has 0 radical (unpaired) electrons. The minimum absolute atomic E-state index is 0.311. The average Bonchev–Trinajstić information content (AvgIpc) is 2.22. The van der Waals surface area contributed by atoms with Gasteiger partial charge in [0.05, 0.1) is 16.5 Å². The van der Waals surface area contributed by atoms with E-state index in [1.165, 1.54) is 6.33 Å². The van der Waals surface area contributed by atoms with Crippen molar-refractivity contribution in [2.24, 2.45) is 0 Å². The van der Waals surface area contributed by atoms with Gasteiger partial charge in [0.15, 0.2) is 0 Å². The minimum Gasteiger partial charge on any atom is -0.346 e. The van der Waals surface area contributed by atoms with Crippen LogP contribution < -0.4 is 0 Å². The first-order valence-electron chi connectivity index (χ1n) is 4.17. The maximum Gasteiger partial charge on any atom is 0.146 e. The van der Waals surface area contributed by atoms with Gasteiger partial charge in [-0.3, -0.25) is 0 Å². The molecule has 1 heterocycles. The highest BCUT2D eigenvalue weighted by atomic mass is 79.9. The molecule has 0 aliphatic rings. The first kappa shape index (κ1) is 10.4. The Morgan fingerprint density at radius 3 is 2.93 bits per heavy atom. The Morgan fingerprint density at radius 1 is 1.40 bits per heavy atom. The zero-order valence-corrected chi connectivity index (χ0v) is 9.90. The molecule has 0 saturated heterocycles. The Labute approximate surface area is 99.3 Å². The van der Waals surface area contributed by atoms with Gasteiger partial charge < -0.3 is 4.98 Å². The highest BCUT2D eigenvalue weighted by Gasteiger charge is 2.07. The van der Waals surface area contributed by atoms with Crippen LogP contribution in [0.3, 0.4) is 0 Å². The van der Waals surface area contributed by atoms with Gasteiger partial charge in [0, 0.05) is 5.56 Å². The molecular formula is C10H6BrFN2S. The van der Waals surface area contributed by atoms with Gasteiger partial charge in [-0.2, -0.15) is 0 Å². The van der Waals surface area contributed by atoms with Crippen molar-refractivity contribution in [1.29, 1.82) is 0 Å². The summed E-state index contributed by atoms with van der Waals surface area (Å²) in [7, 11) is 0. The fourth-order valence-electron chi connectivity index (χ4n) is 1.24. The zero-order valence-electron chi connectivity index (χ0n) is 7.50. The van der Waals surface area contributed by atoms with Crippen LogP contribution in [-0.4, -0.2) is 9.97 Å². The molecule has 0 unspecified atom stereocenters. The van der Waals surface area contributed by atoms with Gasteiger partial charge in [-0.1, -0.05) is 18.3 Å². The van der Waals surface area contributed by atoms with Crippen LogP contribution in [0.1, 0.15) is 0 Å². The van der Waals surface area contributed by atoms with Crippen LogP contribution in [0, 0.1) is 10.5 Å². The lowest BCUT2D eigenvalue weighted by Crippen LogP contribution is -1.89. The molecular weight excluding hydrogens is 279 g/mol. The lowest BCUT2D eigenvalue weighted by molar-refractivity contribution is 0.624. The van der Waals surface area contributed by atoms with E-state index < -0.39 is 0 Å². The molecule has 0 fully saturated rings. The molecule has 76 valence electrons. The number of nitrogens with one attached hydrogen (secondary N) is 1. The van der Waals surface area contributed by atoms with E-state index in [0.717, 1.165) is 0 Å². The second-order valence-electron chi connectivity index (χ2n) is 2.90. The predicted octanol–water partition coefficient (Wildman–Crippen LogP) is 3.71. The third kappa shape index (κ3) is 2.13. The summed E-state index contributed by atoms with van der Waals surface area (Å²) in [6, 6.07) is 6.72. The van der Waals surface area contributed by atoms with Crippen molar-refractivity contribution in [3.8, 4) is 11.3 Å². The van der Waals surface area contributed by atoms with Crippen LogP contribution in [0.15, 0.2) is 35.1 Å². The summed E-state index contributed by atoms with van der Waals surface area (Å²) in [5.74, 6) is -0.311. The van der Waals surface area contributed by atoms with E-state index in [4.69, 9.17) is 12.2 Å². The summed E-state index contributed by atoms with van der Waals surface area (Å²) in [5, 5.41) is 0. The summed E-state index contributed by atoms with van der Waals surface area (Å²) in [6.07, 6.45) is 1.46. The zero-order chi connectivity index (χ0) is 10.8. The molecule has 2 rings (SSSR count). The quantitative estimate of drug-likeness (QED) is 0.809. The number of rotatable bonds is 1. The number of H-pyrrole nitrogens is 1. The van der Waals surface area contributed by atoms with Gasteiger partial charge in [-0.05, 0) is 34.1 Å². The first-order chi connectivity index (χ1) is 7.18. The van der Waals surface area contributed by atoms with Crippen LogP contribution in [0.5, 0.6) is 0 Å². The third-order valence-electron chi connectivity index (χ3n) is 1.92. The SMILES string of the molecule is Fc1c(Br)cccc1-c1cc(=S)nc[nH]1. The van der Waals surface area contributed by atoms with Crippen molar-refractivity contribution >= 4 is 28.1 Å². The molecule has 2 aromatic rings. The van der Waals surface area contributed by atoms with Crippen LogP contribution >= 0.6 is 28.1 Å². The minimum atomic E-state index is -0.311. The number of halogens is 2. The molecule has 0 aliphatic heterocycles. The highest BCUT2D eigenvalue weighted by molar-refractivity contribution is 9.10. The van der Waals surface area contributed by atoms with Crippen molar-refractivity contribution in [2.75, 3.05) is 0 Å². The van der Waals surface area contributed by atoms with Crippen molar-refractivity contribution in [1.82, 2.24) is 9.97 Å². The summed E-state index contributed by atoms with van der Waals surface area (Å²) in [6.45, 7) is 0. The molecule has 1 aromatic heterocycles. The molecule has 0 amide bonds. The van der Waals surface area contributed by atoms with Gasteiger partial charge in [-0.25, -0.2) is 9.37 Å². The van der Waals surface area contributed by atoms with Crippen molar-refractivity contribution in [2.45, 2.75) is 0 Å². The highest BCUT2D eigenvalue weighted by Crippen LogP contribution is 2.25. The Hall–Kier alpha value is -1.07. The van der Waals surface area contributed by atoms with E-state index >= 15 is 0 Å². The fourth-order valence-corrected chi connectivity index (χ4v) is 1.77. The van der Waals surface area contributed by atoms with Gasteiger partial charge >= 0.3 is 0 Å². The Balaban J connectivity index is 2.64. The maximum atomic E-state index is 13.7. The molecule has 1 aromatic carbocycles. The molecule has 0 aliphatic carbocycles. The summed E-state index contributed by atoms with van der Waals surface area (Å²) >= 11 is 8.04. The summed E-state index contributed by atoms with van der Waals surface area (Å²) in [4.78, 5) is 6.70. The van der Waals surface area contributed by atoms with Crippen LogP contribution in [0.2, 0.25) is 0 Å². The largest absolute Gasteiger partial charge is 0.346 e. The van der Waals surface area contributed by atoms with E-state index in [9.17, 15) is 4.39 Å². The standard InChI is InChI=1S/C10H6BrFN2S/c11-7-3-1-2-6(10(7)12)8-4-9(15)14-5-13-8/h1-5H,(H,13,14,15). The monoisotopic (exact) mass is 284 g/mol. The third-order valence-corrected chi connectivity index (χ3v) is 2.76. The molecule has 0 bridgehead atoms. The smallest absolute Gasteiger partial charge is 0.146 e. The van der Waals surface area contributed by atoms with Crippen LogP contribution in [0.25, 0.3) is 11.3 Å².